The smallest absolute Gasteiger partial charge is 0.312 e. The summed E-state index contributed by atoms with van der Waals surface area (Å²) >= 11 is 0. The lowest BCUT2D eigenvalue weighted by Crippen LogP contribution is -2.21. The molecular formula is C15H24N2O3S. The van der Waals surface area contributed by atoms with Crippen LogP contribution in [0.1, 0.15) is 31.2 Å². The summed E-state index contributed by atoms with van der Waals surface area (Å²) in [5.41, 5.74) is 8.89. The van der Waals surface area contributed by atoms with Crippen LogP contribution in [0.3, 0.4) is 0 Å². The summed E-state index contributed by atoms with van der Waals surface area (Å²) in [5, 5.41) is 0. The topological polar surface area (TPSA) is 81.4 Å². The molecule has 5 nitrogen and oxygen atoms in total. The first-order valence-electron chi connectivity index (χ1n) is 7.14. The van der Waals surface area contributed by atoms with Crippen LogP contribution in [0.4, 0.5) is 0 Å². The average Bonchev–Trinajstić information content (AvgIpc) is 2.46. The fourth-order valence-electron chi connectivity index (χ4n) is 1.64. The Kier molecular flexibility index (Phi) is 8.22. The Bertz CT molecular complexity index is 524. The minimum Gasteiger partial charge on any atom is -0.330 e. The van der Waals surface area contributed by atoms with Crippen LogP contribution in [0, 0.1) is 6.92 Å². The van der Waals surface area contributed by atoms with Crippen LogP contribution in [0.5, 0.6) is 0 Å². The lowest BCUT2D eigenvalue weighted by Gasteiger charge is -2.06. The third kappa shape index (κ3) is 7.38. The van der Waals surface area contributed by atoms with Crippen LogP contribution < -0.4 is 11.2 Å². The molecule has 0 amide bonds. The van der Waals surface area contributed by atoms with Gasteiger partial charge in [0.2, 0.25) is 0 Å². The summed E-state index contributed by atoms with van der Waals surface area (Å²) in [7, 11) is -3.72. The van der Waals surface area contributed by atoms with E-state index in [1.165, 1.54) is 12.1 Å². The molecule has 0 aliphatic carbocycles. The standard InChI is InChI=1S/C15H24N2O3S/c1-14-8-10-15(11-9-14)21(18,19)20-17-13-7-5-3-2-4-6-12-16/h2-3,8-11,17H,4-7,12-13,16H2,1H3/b3-2+. The zero-order valence-corrected chi connectivity index (χ0v) is 13.2. The number of rotatable bonds is 10. The molecule has 3 N–H and O–H groups in total. The number of unbranched alkanes of at least 4 members (excludes halogenated alkanes) is 2. The number of allylic oxidation sites excluding steroid dienone is 2. The highest BCUT2D eigenvalue weighted by Crippen LogP contribution is 2.11. The Morgan fingerprint density at radius 1 is 1.14 bits per heavy atom. The summed E-state index contributed by atoms with van der Waals surface area (Å²) in [4.78, 5) is 0.155. The maximum atomic E-state index is 11.8. The van der Waals surface area contributed by atoms with E-state index in [1.807, 2.05) is 6.92 Å². The van der Waals surface area contributed by atoms with Gasteiger partial charge in [0.1, 0.15) is 0 Å². The van der Waals surface area contributed by atoms with Crippen molar-refractivity contribution in [2.75, 3.05) is 13.1 Å². The van der Waals surface area contributed by atoms with E-state index in [1.54, 1.807) is 12.1 Å². The first kappa shape index (κ1) is 17.8. The summed E-state index contributed by atoms with van der Waals surface area (Å²) in [6, 6.07) is 6.55. The second-order valence-corrected chi connectivity index (χ2v) is 6.34. The van der Waals surface area contributed by atoms with Gasteiger partial charge in [-0.1, -0.05) is 29.8 Å². The fraction of sp³-hybridized carbons (Fsp3) is 0.467. The maximum Gasteiger partial charge on any atom is 0.312 e. The van der Waals surface area contributed by atoms with Crippen LogP contribution >= 0.6 is 0 Å². The summed E-state index contributed by atoms with van der Waals surface area (Å²) in [6.07, 6.45) is 7.84. The Balaban J connectivity index is 2.22. The maximum absolute atomic E-state index is 11.8. The predicted molar refractivity (Wildman–Crippen MR) is 84.1 cm³/mol. The molecule has 0 unspecified atom stereocenters. The molecule has 21 heavy (non-hydrogen) atoms. The van der Waals surface area contributed by atoms with Crippen molar-refractivity contribution in [1.29, 1.82) is 0 Å². The number of nitrogens with one attached hydrogen (secondary N) is 1. The summed E-state index contributed by atoms with van der Waals surface area (Å²) < 4.78 is 28.5. The van der Waals surface area contributed by atoms with Crippen molar-refractivity contribution in [1.82, 2.24) is 5.48 Å². The normalized spacial score (nSPS) is 12.1. The van der Waals surface area contributed by atoms with Gasteiger partial charge in [0.05, 0.1) is 4.90 Å². The monoisotopic (exact) mass is 312 g/mol. The predicted octanol–water partition coefficient (Wildman–Crippen LogP) is 2.28. The number of nitrogens with two attached hydrogens (primary N) is 1. The van der Waals surface area contributed by atoms with Gasteiger partial charge in [-0.2, -0.15) is 18.2 Å². The van der Waals surface area contributed by atoms with Gasteiger partial charge in [0.15, 0.2) is 0 Å². The van der Waals surface area contributed by atoms with Crippen molar-refractivity contribution in [2.24, 2.45) is 5.73 Å². The van der Waals surface area contributed by atoms with Crippen LogP contribution in [-0.2, 0) is 14.4 Å². The number of aryl methyl sites for hydroxylation is 1. The van der Waals surface area contributed by atoms with Gasteiger partial charge in [-0.15, -0.1) is 0 Å². The van der Waals surface area contributed by atoms with Gasteiger partial charge in [0, 0.05) is 6.54 Å². The second-order valence-electron chi connectivity index (χ2n) is 4.79. The van der Waals surface area contributed by atoms with E-state index in [2.05, 4.69) is 17.6 Å². The molecule has 0 saturated carbocycles. The van der Waals surface area contributed by atoms with E-state index in [4.69, 9.17) is 10.0 Å². The van der Waals surface area contributed by atoms with Crippen molar-refractivity contribution >= 4 is 10.1 Å². The molecule has 0 atom stereocenters. The van der Waals surface area contributed by atoms with Gasteiger partial charge in [-0.05, 0) is 51.3 Å². The van der Waals surface area contributed by atoms with E-state index >= 15 is 0 Å². The van der Waals surface area contributed by atoms with Gasteiger partial charge < -0.3 is 5.73 Å². The third-order valence-electron chi connectivity index (χ3n) is 2.87. The van der Waals surface area contributed by atoms with Crippen molar-refractivity contribution in [3.05, 3.63) is 42.0 Å². The molecule has 0 fully saturated rings. The zero-order valence-electron chi connectivity index (χ0n) is 12.4. The average molecular weight is 312 g/mol. The number of hydrogen-bond acceptors (Lipinski definition) is 5. The SMILES string of the molecule is Cc1ccc(S(=O)(=O)ONCCC/C=C/CCCN)cc1. The molecule has 0 aliphatic heterocycles. The molecule has 1 rings (SSSR count). The first-order chi connectivity index (χ1) is 10.1. The highest BCUT2D eigenvalue weighted by atomic mass is 32.2. The lowest BCUT2D eigenvalue weighted by atomic mass is 10.2. The largest absolute Gasteiger partial charge is 0.330 e. The van der Waals surface area contributed by atoms with E-state index in [9.17, 15) is 8.42 Å². The van der Waals surface area contributed by atoms with Gasteiger partial charge >= 0.3 is 10.1 Å². The van der Waals surface area contributed by atoms with Crippen LogP contribution in [-0.4, -0.2) is 21.5 Å². The van der Waals surface area contributed by atoms with Crippen molar-refractivity contribution in [2.45, 2.75) is 37.5 Å². The third-order valence-corrected chi connectivity index (χ3v) is 4.06. The Morgan fingerprint density at radius 3 is 2.38 bits per heavy atom. The molecule has 1 aromatic carbocycles. The summed E-state index contributed by atoms with van der Waals surface area (Å²) in [6.45, 7) is 3.08. The molecule has 0 radical (unpaired) electrons. The highest BCUT2D eigenvalue weighted by molar-refractivity contribution is 7.86. The Hall–Kier alpha value is -1.21. The summed E-state index contributed by atoms with van der Waals surface area (Å²) in [5.74, 6) is 0. The highest BCUT2D eigenvalue weighted by Gasteiger charge is 2.14. The van der Waals surface area contributed by atoms with E-state index in [0.29, 0.717) is 13.1 Å². The number of hydroxylamine groups is 1. The molecule has 0 saturated heterocycles. The molecule has 0 spiro atoms. The van der Waals surface area contributed by atoms with Gasteiger partial charge in [-0.3, -0.25) is 0 Å². The molecule has 0 bridgehead atoms. The van der Waals surface area contributed by atoms with Crippen LogP contribution in [0.2, 0.25) is 0 Å². The quantitative estimate of drug-likeness (QED) is 0.393. The molecule has 6 heteroatoms. The van der Waals surface area contributed by atoms with Crippen LogP contribution in [0.15, 0.2) is 41.3 Å². The van der Waals surface area contributed by atoms with Gasteiger partial charge in [-0.25, -0.2) is 0 Å². The molecular weight excluding hydrogens is 288 g/mol. The van der Waals surface area contributed by atoms with Gasteiger partial charge in [0.25, 0.3) is 0 Å². The van der Waals surface area contributed by atoms with E-state index < -0.39 is 10.1 Å². The molecule has 0 aromatic heterocycles. The zero-order chi connectivity index (χ0) is 15.6. The van der Waals surface area contributed by atoms with E-state index in [-0.39, 0.29) is 4.90 Å². The van der Waals surface area contributed by atoms with Crippen LogP contribution in [0.25, 0.3) is 0 Å². The second kappa shape index (κ2) is 9.68. The molecule has 0 heterocycles. The lowest BCUT2D eigenvalue weighted by molar-refractivity contribution is 0.203. The number of benzene rings is 1. The number of hydrogen-bond donors (Lipinski definition) is 2. The minimum absolute atomic E-state index is 0.155. The molecule has 1 aromatic rings. The molecule has 0 aliphatic rings. The molecule has 118 valence electrons. The Morgan fingerprint density at radius 2 is 1.76 bits per heavy atom. The minimum atomic E-state index is -3.72. The first-order valence-corrected chi connectivity index (χ1v) is 8.55. The van der Waals surface area contributed by atoms with Crippen molar-refractivity contribution < 1.29 is 12.7 Å². The van der Waals surface area contributed by atoms with Crippen molar-refractivity contribution in [3.8, 4) is 0 Å². The fourth-order valence-corrected chi connectivity index (χ4v) is 2.44. The van der Waals surface area contributed by atoms with E-state index in [0.717, 1.165) is 31.2 Å². The van der Waals surface area contributed by atoms with Crippen molar-refractivity contribution in [3.63, 3.8) is 0 Å². The Labute approximate surface area is 127 Å².